The number of benzene rings is 1. The Morgan fingerprint density at radius 3 is 2.52 bits per heavy atom. The van der Waals surface area contributed by atoms with Crippen LogP contribution in [-0.4, -0.2) is 36.9 Å². The molecule has 0 saturated carbocycles. The topological polar surface area (TPSA) is 86.7 Å². The lowest BCUT2D eigenvalue weighted by Gasteiger charge is -2.30. The van der Waals surface area contributed by atoms with E-state index in [1.54, 1.807) is 0 Å². The number of hydrogen-bond donors (Lipinski definition) is 2. The number of carbonyl (C=O) groups is 1. The summed E-state index contributed by atoms with van der Waals surface area (Å²) in [6.07, 6.45) is 0.743. The zero-order valence-corrected chi connectivity index (χ0v) is 11.7. The van der Waals surface area contributed by atoms with Gasteiger partial charge in [-0.2, -0.15) is 12.7 Å². The number of halogens is 2. The minimum Gasteiger partial charge on any atom is -0.481 e. The largest absolute Gasteiger partial charge is 0.481 e. The molecule has 1 aromatic carbocycles. The molecule has 9 heteroatoms. The average molecular weight is 320 g/mol. The van der Waals surface area contributed by atoms with Gasteiger partial charge in [0.05, 0.1) is 5.92 Å². The number of anilines is 1. The summed E-state index contributed by atoms with van der Waals surface area (Å²) in [5.74, 6) is -3.98. The van der Waals surface area contributed by atoms with Gasteiger partial charge < -0.3 is 5.11 Å². The van der Waals surface area contributed by atoms with Crippen LogP contribution < -0.4 is 4.72 Å². The van der Waals surface area contributed by atoms with Crippen molar-refractivity contribution in [2.45, 2.75) is 12.8 Å². The molecule has 0 radical (unpaired) electrons. The summed E-state index contributed by atoms with van der Waals surface area (Å²) < 4.78 is 53.9. The summed E-state index contributed by atoms with van der Waals surface area (Å²) in [7, 11) is -4.21. The Bertz CT molecular complexity index is 630. The lowest BCUT2D eigenvalue weighted by Crippen LogP contribution is -2.44. The second-order valence-corrected chi connectivity index (χ2v) is 6.41. The van der Waals surface area contributed by atoms with E-state index < -0.39 is 39.4 Å². The van der Waals surface area contributed by atoms with E-state index in [4.69, 9.17) is 5.11 Å². The number of piperidine rings is 1. The Morgan fingerprint density at radius 1 is 1.33 bits per heavy atom. The zero-order chi connectivity index (χ0) is 15.6. The summed E-state index contributed by atoms with van der Waals surface area (Å²) in [5.41, 5.74) is -0.769. The number of nitrogens with one attached hydrogen (secondary N) is 1. The van der Waals surface area contributed by atoms with Gasteiger partial charge in [0, 0.05) is 13.1 Å². The van der Waals surface area contributed by atoms with Crippen molar-refractivity contribution in [3.05, 3.63) is 29.8 Å². The smallest absolute Gasteiger partial charge is 0.307 e. The Labute approximate surface area is 120 Å². The van der Waals surface area contributed by atoms with Crippen molar-refractivity contribution >= 4 is 21.9 Å². The fourth-order valence-corrected chi connectivity index (χ4v) is 3.48. The third-order valence-corrected chi connectivity index (χ3v) is 4.74. The predicted octanol–water partition coefficient (Wildman–Crippen LogP) is 1.42. The monoisotopic (exact) mass is 320 g/mol. The van der Waals surface area contributed by atoms with Gasteiger partial charge >= 0.3 is 16.2 Å². The molecule has 1 fully saturated rings. The van der Waals surface area contributed by atoms with Crippen LogP contribution in [0.5, 0.6) is 0 Å². The maximum atomic E-state index is 13.5. The molecular formula is C12H14F2N2O4S. The summed E-state index contributed by atoms with van der Waals surface area (Å²) in [4.78, 5) is 10.9. The fourth-order valence-electron chi connectivity index (χ4n) is 2.15. The van der Waals surface area contributed by atoms with Gasteiger partial charge in [0.2, 0.25) is 0 Å². The highest BCUT2D eigenvalue weighted by molar-refractivity contribution is 7.90. The molecule has 1 saturated heterocycles. The first kappa shape index (κ1) is 15.6. The highest BCUT2D eigenvalue weighted by Gasteiger charge is 2.33. The van der Waals surface area contributed by atoms with Crippen molar-refractivity contribution in [3.8, 4) is 0 Å². The lowest BCUT2D eigenvalue weighted by atomic mass is 10.0. The van der Waals surface area contributed by atoms with Gasteiger partial charge in [0.25, 0.3) is 0 Å². The number of hydrogen-bond acceptors (Lipinski definition) is 3. The first-order chi connectivity index (χ1) is 9.81. The van der Waals surface area contributed by atoms with Crippen molar-refractivity contribution in [1.29, 1.82) is 0 Å². The summed E-state index contributed by atoms with van der Waals surface area (Å²) >= 11 is 0. The van der Waals surface area contributed by atoms with Gasteiger partial charge in [0.15, 0.2) is 0 Å². The van der Waals surface area contributed by atoms with Crippen LogP contribution in [0.2, 0.25) is 0 Å². The van der Waals surface area contributed by atoms with Crippen molar-refractivity contribution in [2.75, 3.05) is 17.8 Å². The minimum absolute atomic E-state index is 0.106. The van der Waals surface area contributed by atoms with E-state index in [0.29, 0.717) is 12.8 Å². The van der Waals surface area contributed by atoms with E-state index in [0.717, 1.165) is 22.5 Å². The molecule has 0 aromatic heterocycles. The molecule has 0 spiro atoms. The van der Waals surface area contributed by atoms with E-state index in [-0.39, 0.29) is 13.1 Å². The highest BCUT2D eigenvalue weighted by Crippen LogP contribution is 2.24. The van der Waals surface area contributed by atoms with Crippen molar-refractivity contribution in [1.82, 2.24) is 4.31 Å². The van der Waals surface area contributed by atoms with Crippen LogP contribution >= 0.6 is 0 Å². The SMILES string of the molecule is O=C(O)C1CCCN(S(=O)(=O)Nc2c(F)cccc2F)C1. The normalized spacial score (nSPS) is 20.2. The summed E-state index contributed by atoms with van der Waals surface area (Å²) in [5, 5.41) is 8.94. The number of aliphatic carboxylic acids is 1. The molecule has 116 valence electrons. The molecule has 0 amide bonds. The third-order valence-electron chi connectivity index (χ3n) is 3.27. The maximum Gasteiger partial charge on any atom is 0.307 e. The van der Waals surface area contributed by atoms with E-state index in [2.05, 4.69) is 0 Å². The highest BCUT2D eigenvalue weighted by atomic mass is 32.2. The maximum absolute atomic E-state index is 13.5. The van der Waals surface area contributed by atoms with Crippen LogP contribution in [0.1, 0.15) is 12.8 Å². The number of para-hydroxylation sites is 1. The summed E-state index contributed by atoms with van der Waals surface area (Å²) in [6, 6.07) is 2.97. The first-order valence-corrected chi connectivity index (χ1v) is 7.70. The molecule has 0 aliphatic carbocycles. The summed E-state index contributed by atoms with van der Waals surface area (Å²) in [6.45, 7) is -0.115. The van der Waals surface area contributed by atoms with Crippen LogP contribution in [0.3, 0.4) is 0 Å². The number of nitrogens with zero attached hydrogens (tertiary/aromatic N) is 1. The van der Waals surface area contributed by atoms with Gasteiger partial charge in [-0.25, -0.2) is 8.78 Å². The Hall–Kier alpha value is -1.74. The zero-order valence-electron chi connectivity index (χ0n) is 10.9. The third kappa shape index (κ3) is 3.48. The molecular weight excluding hydrogens is 306 g/mol. The van der Waals surface area contributed by atoms with Crippen LogP contribution in [0.25, 0.3) is 0 Å². The average Bonchev–Trinajstić information content (AvgIpc) is 2.43. The first-order valence-electron chi connectivity index (χ1n) is 6.26. The van der Waals surface area contributed by atoms with Crippen molar-refractivity contribution in [2.24, 2.45) is 5.92 Å². The number of carboxylic acids is 1. The predicted molar refractivity (Wildman–Crippen MR) is 70.8 cm³/mol. The van der Waals surface area contributed by atoms with Gasteiger partial charge in [-0.3, -0.25) is 9.52 Å². The Kier molecular flexibility index (Phi) is 4.43. The minimum atomic E-state index is -4.21. The van der Waals surface area contributed by atoms with Crippen LogP contribution in [-0.2, 0) is 15.0 Å². The molecule has 2 N–H and O–H groups in total. The van der Waals surface area contributed by atoms with E-state index in [9.17, 15) is 22.0 Å². The van der Waals surface area contributed by atoms with Gasteiger partial charge in [-0.05, 0) is 25.0 Å². The molecule has 1 unspecified atom stereocenters. The van der Waals surface area contributed by atoms with E-state index in [1.165, 1.54) is 0 Å². The molecule has 1 heterocycles. The van der Waals surface area contributed by atoms with Gasteiger partial charge in [0.1, 0.15) is 17.3 Å². The standard InChI is InChI=1S/C12H14F2N2O4S/c13-9-4-1-5-10(14)11(9)15-21(19,20)16-6-2-3-8(7-16)12(17)18/h1,4-5,8,15H,2-3,6-7H2,(H,17,18). The van der Waals surface area contributed by atoms with Crippen molar-refractivity contribution in [3.63, 3.8) is 0 Å². The van der Waals surface area contributed by atoms with E-state index in [1.807, 2.05) is 4.72 Å². The molecule has 0 bridgehead atoms. The molecule has 1 atom stereocenters. The quantitative estimate of drug-likeness (QED) is 0.878. The van der Waals surface area contributed by atoms with Crippen LogP contribution in [0.4, 0.5) is 14.5 Å². The van der Waals surface area contributed by atoms with Gasteiger partial charge in [-0.1, -0.05) is 6.07 Å². The Balaban J connectivity index is 2.20. The Morgan fingerprint density at radius 2 is 1.95 bits per heavy atom. The second kappa shape index (κ2) is 5.94. The molecule has 1 aliphatic rings. The van der Waals surface area contributed by atoms with E-state index >= 15 is 0 Å². The van der Waals surface area contributed by atoms with Crippen LogP contribution in [0, 0.1) is 17.6 Å². The fraction of sp³-hybridized carbons (Fsp3) is 0.417. The lowest BCUT2D eigenvalue weighted by molar-refractivity contribution is -0.142. The molecule has 21 heavy (non-hydrogen) atoms. The molecule has 1 aromatic rings. The molecule has 2 rings (SSSR count). The van der Waals surface area contributed by atoms with Gasteiger partial charge in [-0.15, -0.1) is 0 Å². The van der Waals surface area contributed by atoms with Crippen molar-refractivity contribution < 1.29 is 27.1 Å². The number of rotatable bonds is 4. The number of carboxylic acid groups (broad SMARTS) is 1. The molecule has 1 aliphatic heterocycles. The molecule has 6 nitrogen and oxygen atoms in total. The second-order valence-electron chi connectivity index (χ2n) is 4.74. The van der Waals surface area contributed by atoms with Crippen LogP contribution in [0.15, 0.2) is 18.2 Å².